The van der Waals surface area contributed by atoms with Crippen molar-refractivity contribution in [3.05, 3.63) is 17.0 Å². The minimum atomic E-state index is -0.311. The van der Waals surface area contributed by atoms with Crippen molar-refractivity contribution in [2.75, 3.05) is 6.54 Å². The highest BCUT2D eigenvalue weighted by Gasteiger charge is 2.21. The largest absolute Gasteiger partial charge is 0.361 e. The van der Waals surface area contributed by atoms with Crippen LogP contribution < -0.4 is 11.1 Å². The van der Waals surface area contributed by atoms with E-state index < -0.39 is 0 Å². The van der Waals surface area contributed by atoms with Crippen LogP contribution in [0, 0.1) is 13.8 Å². The summed E-state index contributed by atoms with van der Waals surface area (Å²) in [5, 5.41) is 6.72. The second kappa shape index (κ2) is 7.50. The van der Waals surface area contributed by atoms with Gasteiger partial charge in [-0.2, -0.15) is 0 Å². The summed E-state index contributed by atoms with van der Waals surface area (Å²) in [6, 6.07) is 0. The first-order valence-electron chi connectivity index (χ1n) is 6.39. The average Bonchev–Trinajstić information content (AvgIpc) is 2.68. The fraction of sp³-hybridized carbons (Fsp3) is 0.692. The summed E-state index contributed by atoms with van der Waals surface area (Å²) in [6.45, 7) is 8.22. The van der Waals surface area contributed by atoms with Gasteiger partial charge in [0.15, 0.2) is 0 Å². The number of nitrogens with one attached hydrogen (secondary N) is 1. The number of carbonyl (C=O) groups is 1. The van der Waals surface area contributed by atoms with E-state index in [1.165, 1.54) is 0 Å². The van der Waals surface area contributed by atoms with Crippen molar-refractivity contribution in [1.29, 1.82) is 0 Å². The topological polar surface area (TPSA) is 81.1 Å². The number of hydrogen-bond acceptors (Lipinski definition) is 4. The van der Waals surface area contributed by atoms with Crippen LogP contribution in [0.4, 0.5) is 0 Å². The van der Waals surface area contributed by atoms with Crippen molar-refractivity contribution in [3.63, 3.8) is 0 Å². The summed E-state index contributed by atoms with van der Waals surface area (Å²) in [4.78, 5) is 11.9. The molecule has 6 heteroatoms. The molecule has 1 aromatic heterocycles. The molecule has 0 aromatic carbocycles. The molecule has 0 radical (unpaired) electrons. The highest BCUT2D eigenvalue weighted by Crippen LogP contribution is 2.13. The zero-order valence-corrected chi connectivity index (χ0v) is 12.9. The summed E-state index contributed by atoms with van der Waals surface area (Å²) >= 11 is 0. The molecule has 0 aliphatic carbocycles. The minimum Gasteiger partial charge on any atom is -0.361 e. The van der Waals surface area contributed by atoms with Gasteiger partial charge in [-0.1, -0.05) is 19.0 Å². The predicted molar refractivity (Wildman–Crippen MR) is 77.4 cm³/mol. The second-order valence-corrected chi connectivity index (χ2v) is 4.83. The van der Waals surface area contributed by atoms with Gasteiger partial charge >= 0.3 is 0 Å². The molecule has 0 aliphatic heterocycles. The van der Waals surface area contributed by atoms with E-state index in [0.717, 1.165) is 24.1 Å². The van der Waals surface area contributed by atoms with Gasteiger partial charge in [-0.15, -0.1) is 12.4 Å². The SMILES string of the molecule is CCC(N)(CC)CNC(=O)Cc1c(C)noc1C.Cl. The van der Waals surface area contributed by atoms with Crippen LogP contribution >= 0.6 is 12.4 Å². The molecule has 0 unspecified atom stereocenters. The van der Waals surface area contributed by atoms with Crippen molar-refractivity contribution in [1.82, 2.24) is 10.5 Å². The van der Waals surface area contributed by atoms with Gasteiger partial charge in [0, 0.05) is 17.6 Å². The number of halogens is 1. The molecule has 0 spiro atoms. The van der Waals surface area contributed by atoms with Crippen LogP contribution in [-0.4, -0.2) is 23.1 Å². The molecule has 3 N–H and O–H groups in total. The summed E-state index contributed by atoms with van der Waals surface area (Å²) in [5.74, 6) is 0.661. The molecule has 0 saturated carbocycles. The lowest BCUT2D eigenvalue weighted by Crippen LogP contribution is -2.49. The Morgan fingerprint density at radius 3 is 2.37 bits per heavy atom. The van der Waals surface area contributed by atoms with E-state index in [0.29, 0.717) is 18.7 Å². The predicted octanol–water partition coefficient (Wildman–Crippen LogP) is 1.89. The van der Waals surface area contributed by atoms with Gasteiger partial charge in [-0.05, 0) is 26.7 Å². The molecule has 0 saturated heterocycles. The van der Waals surface area contributed by atoms with E-state index >= 15 is 0 Å². The first-order valence-corrected chi connectivity index (χ1v) is 6.39. The van der Waals surface area contributed by atoms with Crippen LogP contribution in [0.5, 0.6) is 0 Å². The molecule has 110 valence electrons. The number of carbonyl (C=O) groups excluding carboxylic acids is 1. The number of hydrogen-bond donors (Lipinski definition) is 2. The number of nitrogens with two attached hydrogens (primary N) is 1. The van der Waals surface area contributed by atoms with Gasteiger partial charge in [0.2, 0.25) is 5.91 Å². The molecule has 1 heterocycles. The van der Waals surface area contributed by atoms with E-state index in [1.54, 1.807) is 0 Å². The van der Waals surface area contributed by atoms with Gasteiger partial charge in [-0.25, -0.2) is 0 Å². The molecular formula is C13H24ClN3O2. The standard InChI is InChI=1S/C13H23N3O2.ClH/c1-5-13(14,6-2)8-15-12(17)7-11-9(3)16-18-10(11)4;/h5-8,14H2,1-4H3,(H,15,17);1H. The Labute approximate surface area is 120 Å². The third-order valence-corrected chi connectivity index (χ3v) is 3.56. The summed E-state index contributed by atoms with van der Waals surface area (Å²) in [6.07, 6.45) is 1.98. The Morgan fingerprint density at radius 2 is 1.95 bits per heavy atom. The molecule has 1 aromatic rings. The molecule has 1 amide bonds. The Hall–Kier alpha value is -1.07. The zero-order valence-electron chi connectivity index (χ0n) is 12.1. The lowest BCUT2D eigenvalue weighted by atomic mass is 9.94. The van der Waals surface area contributed by atoms with Gasteiger partial charge in [0.05, 0.1) is 12.1 Å². The molecule has 0 bridgehead atoms. The van der Waals surface area contributed by atoms with Crippen LogP contribution in [0.2, 0.25) is 0 Å². The number of aryl methyl sites for hydroxylation is 2. The number of rotatable bonds is 6. The van der Waals surface area contributed by atoms with Crippen molar-refractivity contribution < 1.29 is 9.32 Å². The van der Waals surface area contributed by atoms with Crippen molar-refractivity contribution in [2.45, 2.75) is 52.5 Å². The first-order chi connectivity index (χ1) is 8.41. The Bertz CT molecular complexity index is 395. The van der Waals surface area contributed by atoms with Gasteiger partial charge in [-0.3, -0.25) is 4.79 Å². The molecule has 19 heavy (non-hydrogen) atoms. The maximum Gasteiger partial charge on any atom is 0.224 e. The fourth-order valence-corrected chi connectivity index (χ4v) is 1.75. The number of aromatic nitrogens is 1. The maximum absolute atomic E-state index is 11.9. The van der Waals surface area contributed by atoms with Gasteiger partial charge in [0.1, 0.15) is 5.76 Å². The molecule has 0 aliphatic rings. The first kappa shape index (κ1) is 17.9. The van der Waals surface area contributed by atoms with E-state index in [2.05, 4.69) is 10.5 Å². The highest BCUT2D eigenvalue weighted by atomic mass is 35.5. The number of nitrogens with zero attached hydrogens (tertiary/aromatic N) is 1. The molecule has 1 rings (SSSR count). The van der Waals surface area contributed by atoms with Crippen LogP contribution in [0.1, 0.15) is 43.7 Å². The van der Waals surface area contributed by atoms with Crippen LogP contribution in [0.15, 0.2) is 4.52 Å². The van der Waals surface area contributed by atoms with E-state index in [4.69, 9.17) is 10.3 Å². The highest BCUT2D eigenvalue weighted by molar-refractivity contribution is 5.85. The van der Waals surface area contributed by atoms with E-state index in [9.17, 15) is 4.79 Å². The molecule has 0 fully saturated rings. The molecule has 0 atom stereocenters. The summed E-state index contributed by atoms with van der Waals surface area (Å²) < 4.78 is 5.03. The normalized spacial score (nSPS) is 11.0. The lowest BCUT2D eigenvalue weighted by Gasteiger charge is -2.26. The van der Waals surface area contributed by atoms with Crippen molar-refractivity contribution in [3.8, 4) is 0 Å². The number of amides is 1. The molecular weight excluding hydrogens is 266 g/mol. The van der Waals surface area contributed by atoms with Crippen LogP contribution in [0.25, 0.3) is 0 Å². The van der Waals surface area contributed by atoms with E-state index in [1.807, 2.05) is 27.7 Å². The van der Waals surface area contributed by atoms with Crippen molar-refractivity contribution in [2.24, 2.45) is 5.73 Å². The monoisotopic (exact) mass is 289 g/mol. The van der Waals surface area contributed by atoms with Crippen LogP contribution in [0.3, 0.4) is 0 Å². The smallest absolute Gasteiger partial charge is 0.224 e. The zero-order chi connectivity index (χ0) is 13.8. The Kier molecular flexibility index (Phi) is 7.08. The summed E-state index contributed by atoms with van der Waals surface area (Å²) in [7, 11) is 0. The van der Waals surface area contributed by atoms with Gasteiger partial charge < -0.3 is 15.6 Å². The molecule has 5 nitrogen and oxygen atoms in total. The third-order valence-electron chi connectivity index (χ3n) is 3.56. The van der Waals surface area contributed by atoms with Gasteiger partial charge in [0.25, 0.3) is 0 Å². The Morgan fingerprint density at radius 1 is 1.37 bits per heavy atom. The quantitative estimate of drug-likeness (QED) is 0.838. The fourth-order valence-electron chi connectivity index (χ4n) is 1.75. The third kappa shape index (κ3) is 4.84. The van der Waals surface area contributed by atoms with E-state index in [-0.39, 0.29) is 23.9 Å². The Balaban J connectivity index is 0.00000324. The maximum atomic E-state index is 11.9. The minimum absolute atomic E-state index is 0. The average molecular weight is 290 g/mol. The summed E-state index contributed by atoms with van der Waals surface area (Å²) in [5.41, 5.74) is 7.46. The van der Waals surface area contributed by atoms with Crippen molar-refractivity contribution >= 4 is 18.3 Å². The lowest BCUT2D eigenvalue weighted by molar-refractivity contribution is -0.120. The second-order valence-electron chi connectivity index (χ2n) is 4.83. The van der Waals surface area contributed by atoms with Crippen LogP contribution in [-0.2, 0) is 11.2 Å².